The highest BCUT2D eigenvalue weighted by atomic mass is 16.3. The molecule has 1 aliphatic rings. The number of carbonyl (C=O) groups excluding carboxylic acids is 2. The quantitative estimate of drug-likeness (QED) is 0.663. The molecule has 74 valence electrons. The van der Waals surface area contributed by atoms with Crippen LogP contribution in [0.15, 0.2) is 36.0 Å². The topological polar surface area (TPSA) is 54.4 Å². The summed E-state index contributed by atoms with van der Waals surface area (Å²) in [4.78, 5) is 22.1. The van der Waals surface area contributed by atoms with Crippen LogP contribution in [0, 0.1) is 0 Å². The van der Waals surface area contributed by atoms with E-state index in [1.54, 1.807) is 13.8 Å². The Hall–Kier alpha value is -1.48. The van der Waals surface area contributed by atoms with Gasteiger partial charge in [-0.05, 0) is 32.1 Å². The summed E-state index contributed by atoms with van der Waals surface area (Å²) in [6, 6.07) is 0. The molecule has 1 N–H and O–H groups in total. The molecule has 0 bridgehead atoms. The Bertz CT molecular complexity index is 351. The number of allylic oxidation sites excluding steroid dienone is 5. The summed E-state index contributed by atoms with van der Waals surface area (Å²) >= 11 is 0. The number of hydrogen-bond donors (Lipinski definition) is 1. The van der Waals surface area contributed by atoms with Crippen molar-refractivity contribution in [3.8, 4) is 0 Å². The van der Waals surface area contributed by atoms with Crippen molar-refractivity contribution in [2.24, 2.45) is 0 Å². The highest BCUT2D eigenvalue weighted by molar-refractivity contribution is 6.18. The molecule has 1 rings (SSSR count). The molecule has 0 aromatic rings. The first-order valence-electron chi connectivity index (χ1n) is 4.28. The molecule has 0 aliphatic heterocycles. The molecule has 0 aromatic carbocycles. The number of rotatable bonds is 2. The average molecular weight is 192 g/mol. The lowest BCUT2D eigenvalue weighted by atomic mass is 10.0. The van der Waals surface area contributed by atoms with E-state index in [4.69, 9.17) is 0 Å². The Morgan fingerprint density at radius 3 is 2.50 bits per heavy atom. The van der Waals surface area contributed by atoms with Gasteiger partial charge in [0, 0.05) is 5.57 Å². The van der Waals surface area contributed by atoms with E-state index in [1.165, 1.54) is 30.4 Å². The molecule has 0 unspecified atom stereocenters. The van der Waals surface area contributed by atoms with Gasteiger partial charge in [-0.3, -0.25) is 9.59 Å². The highest BCUT2D eigenvalue weighted by Gasteiger charge is 2.12. The third-order valence-electron chi connectivity index (χ3n) is 1.65. The van der Waals surface area contributed by atoms with Crippen molar-refractivity contribution in [2.75, 3.05) is 0 Å². The first-order chi connectivity index (χ1) is 6.38. The fourth-order valence-corrected chi connectivity index (χ4v) is 0.951. The molecule has 0 fully saturated rings. The second kappa shape index (κ2) is 3.72. The molecule has 0 aromatic heterocycles. The minimum absolute atomic E-state index is 0.208. The van der Waals surface area contributed by atoms with Crippen LogP contribution >= 0.6 is 0 Å². The van der Waals surface area contributed by atoms with E-state index in [-0.39, 0.29) is 11.6 Å². The zero-order valence-corrected chi connectivity index (χ0v) is 8.15. The van der Waals surface area contributed by atoms with Gasteiger partial charge in [-0.25, -0.2) is 0 Å². The molecule has 0 saturated carbocycles. The fraction of sp³-hybridized carbons (Fsp3) is 0.273. The normalized spacial score (nSPS) is 17.8. The van der Waals surface area contributed by atoms with Crippen LogP contribution in [-0.4, -0.2) is 22.3 Å². The largest absolute Gasteiger partial charge is 0.386 e. The van der Waals surface area contributed by atoms with Crippen molar-refractivity contribution in [3.63, 3.8) is 0 Å². The Kier molecular flexibility index (Phi) is 2.81. The van der Waals surface area contributed by atoms with Crippen LogP contribution in [0.25, 0.3) is 0 Å². The number of carbonyl (C=O) groups is 2. The second-order valence-corrected chi connectivity index (χ2v) is 3.69. The Morgan fingerprint density at radius 2 is 1.93 bits per heavy atom. The van der Waals surface area contributed by atoms with Gasteiger partial charge in [-0.1, -0.05) is 12.2 Å². The summed E-state index contributed by atoms with van der Waals surface area (Å²) in [5.41, 5.74) is -0.676. The van der Waals surface area contributed by atoms with Crippen LogP contribution in [0.5, 0.6) is 0 Å². The lowest BCUT2D eigenvalue weighted by Gasteiger charge is -2.10. The van der Waals surface area contributed by atoms with Crippen LogP contribution in [0.1, 0.15) is 13.8 Å². The fourth-order valence-electron chi connectivity index (χ4n) is 0.951. The van der Waals surface area contributed by atoms with Crippen molar-refractivity contribution >= 4 is 11.6 Å². The molecular weight excluding hydrogens is 180 g/mol. The number of aliphatic hydroxyl groups is 1. The van der Waals surface area contributed by atoms with Crippen LogP contribution < -0.4 is 0 Å². The molecule has 3 heteroatoms. The zero-order chi connectivity index (χ0) is 10.8. The molecule has 1 aliphatic carbocycles. The van der Waals surface area contributed by atoms with E-state index in [0.717, 1.165) is 0 Å². The lowest BCUT2D eigenvalue weighted by Crippen LogP contribution is -2.14. The summed E-state index contributed by atoms with van der Waals surface area (Å²) in [7, 11) is 0. The predicted octanol–water partition coefficient (Wildman–Crippen LogP) is 0.948. The maximum Gasteiger partial charge on any atom is 0.186 e. The van der Waals surface area contributed by atoms with Crippen molar-refractivity contribution in [2.45, 2.75) is 19.4 Å². The van der Waals surface area contributed by atoms with Crippen LogP contribution in [0.4, 0.5) is 0 Å². The van der Waals surface area contributed by atoms with Crippen LogP contribution in [0.2, 0.25) is 0 Å². The minimum Gasteiger partial charge on any atom is -0.386 e. The number of ketones is 2. The first-order valence-corrected chi connectivity index (χ1v) is 4.28. The molecule has 0 atom stereocenters. The van der Waals surface area contributed by atoms with E-state index in [1.807, 2.05) is 0 Å². The second-order valence-electron chi connectivity index (χ2n) is 3.69. The Labute approximate surface area is 82.4 Å². The SMILES string of the molecule is CC(C)(O)/C=C/C1=CC(=O)C=CC1=O. The standard InChI is InChI=1S/C11H12O3/c1-11(2,14)6-5-8-7-9(12)3-4-10(8)13/h3-7,14H,1-2H3/b6-5+. The molecule has 3 nitrogen and oxygen atoms in total. The molecule has 0 saturated heterocycles. The van der Waals surface area contributed by atoms with Crippen molar-refractivity contribution in [1.29, 1.82) is 0 Å². The molecule has 0 amide bonds. The average Bonchev–Trinajstić information content (AvgIpc) is 2.05. The van der Waals surface area contributed by atoms with Crippen molar-refractivity contribution in [1.82, 2.24) is 0 Å². The predicted molar refractivity (Wildman–Crippen MR) is 52.7 cm³/mol. The van der Waals surface area contributed by atoms with E-state index in [9.17, 15) is 14.7 Å². The van der Waals surface area contributed by atoms with Gasteiger partial charge in [0.2, 0.25) is 0 Å². The van der Waals surface area contributed by atoms with Crippen molar-refractivity contribution in [3.05, 3.63) is 36.0 Å². The van der Waals surface area contributed by atoms with Gasteiger partial charge < -0.3 is 5.11 Å². The summed E-state index contributed by atoms with van der Waals surface area (Å²) in [5.74, 6) is -0.426. The molecule has 0 heterocycles. The third kappa shape index (κ3) is 3.11. The Balaban J connectivity index is 2.84. The van der Waals surface area contributed by atoms with E-state index >= 15 is 0 Å². The van der Waals surface area contributed by atoms with E-state index in [0.29, 0.717) is 5.57 Å². The van der Waals surface area contributed by atoms with Gasteiger partial charge >= 0.3 is 0 Å². The van der Waals surface area contributed by atoms with Gasteiger partial charge in [-0.15, -0.1) is 0 Å². The maximum absolute atomic E-state index is 11.2. The van der Waals surface area contributed by atoms with E-state index in [2.05, 4.69) is 0 Å². The monoisotopic (exact) mass is 192 g/mol. The number of hydrogen-bond acceptors (Lipinski definition) is 3. The lowest BCUT2D eigenvalue weighted by molar-refractivity contribution is -0.114. The van der Waals surface area contributed by atoms with Gasteiger partial charge in [0.15, 0.2) is 11.6 Å². The van der Waals surface area contributed by atoms with Gasteiger partial charge in [0.25, 0.3) is 0 Å². The van der Waals surface area contributed by atoms with Crippen LogP contribution in [0.3, 0.4) is 0 Å². The molecule has 0 radical (unpaired) electrons. The smallest absolute Gasteiger partial charge is 0.186 e. The molecule has 0 spiro atoms. The van der Waals surface area contributed by atoms with Crippen molar-refractivity contribution < 1.29 is 14.7 Å². The summed E-state index contributed by atoms with van der Waals surface area (Å²) in [5, 5.41) is 9.37. The first kappa shape index (κ1) is 10.6. The summed E-state index contributed by atoms with van der Waals surface area (Å²) < 4.78 is 0. The maximum atomic E-state index is 11.2. The molecular formula is C11H12O3. The minimum atomic E-state index is -0.981. The molecule has 14 heavy (non-hydrogen) atoms. The summed E-state index contributed by atoms with van der Waals surface area (Å²) in [6.07, 6.45) is 6.65. The van der Waals surface area contributed by atoms with E-state index < -0.39 is 5.60 Å². The Morgan fingerprint density at radius 1 is 1.29 bits per heavy atom. The third-order valence-corrected chi connectivity index (χ3v) is 1.65. The van der Waals surface area contributed by atoms with Gasteiger partial charge in [0.1, 0.15) is 0 Å². The zero-order valence-electron chi connectivity index (χ0n) is 8.15. The van der Waals surface area contributed by atoms with Gasteiger partial charge in [-0.2, -0.15) is 0 Å². The van der Waals surface area contributed by atoms with Crippen LogP contribution in [-0.2, 0) is 9.59 Å². The summed E-state index contributed by atoms with van der Waals surface area (Å²) in [6.45, 7) is 3.18. The van der Waals surface area contributed by atoms with Gasteiger partial charge in [0.05, 0.1) is 5.60 Å². The highest BCUT2D eigenvalue weighted by Crippen LogP contribution is 2.10.